The van der Waals surface area contributed by atoms with Crippen LogP contribution < -0.4 is 15.6 Å². The van der Waals surface area contributed by atoms with E-state index in [-0.39, 0.29) is 17.9 Å². The van der Waals surface area contributed by atoms with Crippen LogP contribution in [0.3, 0.4) is 0 Å². The predicted octanol–water partition coefficient (Wildman–Crippen LogP) is 4.26. The van der Waals surface area contributed by atoms with Crippen LogP contribution in [0.25, 0.3) is 0 Å². The lowest BCUT2D eigenvalue weighted by Gasteiger charge is -2.33. The molecule has 1 unspecified atom stereocenters. The zero-order valence-corrected chi connectivity index (χ0v) is 20.8. The molecule has 4 heterocycles. The monoisotopic (exact) mass is 513 g/mol. The van der Waals surface area contributed by atoms with Gasteiger partial charge in [-0.25, -0.2) is 10.4 Å². The van der Waals surface area contributed by atoms with E-state index in [0.717, 1.165) is 48.8 Å². The quantitative estimate of drug-likeness (QED) is 0.510. The molecule has 8 nitrogen and oxygen atoms in total. The molecule has 0 spiro atoms. The molecule has 0 radical (unpaired) electrons. The van der Waals surface area contributed by atoms with Gasteiger partial charge in [-0.2, -0.15) is 13.2 Å². The minimum absolute atomic E-state index is 0.0114. The molecular formula is C26H30F3N7O. The summed E-state index contributed by atoms with van der Waals surface area (Å²) in [6.07, 6.45) is 1.08. The normalized spacial score (nSPS) is 22.9. The maximum Gasteiger partial charge on any atom is 0.433 e. The van der Waals surface area contributed by atoms with Gasteiger partial charge < -0.3 is 19.6 Å². The number of fused-ring (bicyclic) bond motifs is 1. The van der Waals surface area contributed by atoms with E-state index in [2.05, 4.69) is 43.1 Å². The molecule has 3 aliphatic rings. The zero-order valence-electron chi connectivity index (χ0n) is 20.8. The van der Waals surface area contributed by atoms with Crippen molar-refractivity contribution < 1.29 is 17.9 Å². The number of rotatable bonds is 6. The summed E-state index contributed by atoms with van der Waals surface area (Å²) in [4.78, 5) is 5.97. The fourth-order valence-corrected chi connectivity index (χ4v) is 5.67. The van der Waals surface area contributed by atoms with Crippen LogP contribution in [0.1, 0.15) is 65.9 Å². The molecular weight excluding hydrogens is 483 g/mol. The van der Waals surface area contributed by atoms with Gasteiger partial charge in [-0.3, -0.25) is 0 Å². The number of anilines is 1. The Morgan fingerprint density at radius 3 is 2.62 bits per heavy atom. The van der Waals surface area contributed by atoms with Crippen LogP contribution in [0.2, 0.25) is 0 Å². The first kappa shape index (κ1) is 24.2. The number of likely N-dealkylation sites (tertiary alicyclic amines) is 1. The van der Waals surface area contributed by atoms with Crippen LogP contribution >= 0.6 is 0 Å². The van der Waals surface area contributed by atoms with E-state index in [9.17, 15) is 13.2 Å². The van der Waals surface area contributed by atoms with Crippen molar-refractivity contribution in [3.63, 3.8) is 0 Å². The fraction of sp³-hybridized carbons (Fsp3) is 0.500. The van der Waals surface area contributed by atoms with E-state index in [1.54, 1.807) is 6.33 Å². The summed E-state index contributed by atoms with van der Waals surface area (Å²) in [6.45, 7) is 1.48. The number of ether oxygens (including phenoxy) is 1. The van der Waals surface area contributed by atoms with Crippen molar-refractivity contribution in [2.24, 2.45) is 13.0 Å². The number of alkyl halides is 3. The van der Waals surface area contributed by atoms with Crippen molar-refractivity contribution in [3.8, 4) is 5.88 Å². The number of benzene rings is 1. The number of pyridine rings is 1. The van der Waals surface area contributed by atoms with Gasteiger partial charge in [-0.05, 0) is 49.4 Å². The second kappa shape index (κ2) is 9.29. The molecule has 37 heavy (non-hydrogen) atoms. The van der Waals surface area contributed by atoms with Crippen molar-refractivity contribution in [3.05, 3.63) is 64.9 Å². The van der Waals surface area contributed by atoms with Crippen molar-refractivity contribution >= 4 is 5.69 Å². The van der Waals surface area contributed by atoms with Crippen LogP contribution in [-0.4, -0.2) is 50.9 Å². The average molecular weight is 514 g/mol. The highest BCUT2D eigenvalue weighted by Crippen LogP contribution is 2.45. The molecule has 11 heteroatoms. The fourth-order valence-electron chi connectivity index (χ4n) is 5.67. The van der Waals surface area contributed by atoms with E-state index in [1.165, 1.54) is 6.42 Å². The molecule has 1 saturated carbocycles. The SMILES string of the molecule is CN1CC[C@H](Oc2nc(C(F)(F)F)cc3c2NNC3c2cccc([C@H](c3nncn3C)C3CCC3)c2)C1. The Morgan fingerprint density at radius 2 is 1.97 bits per heavy atom. The summed E-state index contributed by atoms with van der Waals surface area (Å²) in [5, 5.41) is 8.48. The minimum atomic E-state index is -4.59. The topological polar surface area (TPSA) is 80.1 Å². The van der Waals surface area contributed by atoms with Gasteiger partial charge >= 0.3 is 6.18 Å². The van der Waals surface area contributed by atoms with Gasteiger partial charge in [0.2, 0.25) is 5.88 Å². The lowest BCUT2D eigenvalue weighted by molar-refractivity contribution is -0.141. The summed E-state index contributed by atoms with van der Waals surface area (Å²) in [7, 11) is 3.91. The molecule has 196 valence electrons. The summed E-state index contributed by atoms with van der Waals surface area (Å²) in [5.41, 5.74) is 8.17. The Kier molecular flexibility index (Phi) is 6.07. The molecule has 3 aromatic rings. The number of halogens is 3. The summed E-state index contributed by atoms with van der Waals surface area (Å²) in [5.74, 6) is 1.44. The van der Waals surface area contributed by atoms with Crippen molar-refractivity contribution in [1.29, 1.82) is 0 Å². The molecule has 1 aromatic carbocycles. The number of hydrogen-bond donors (Lipinski definition) is 2. The summed E-state index contributed by atoms with van der Waals surface area (Å²) in [6, 6.07) is 8.68. The number of aromatic nitrogens is 4. The molecule has 1 aliphatic carbocycles. The van der Waals surface area contributed by atoms with Gasteiger partial charge in [-0.1, -0.05) is 30.7 Å². The Balaban J connectivity index is 1.37. The molecule has 1 saturated heterocycles. The third-order valence-electron chi connectivity index (χ3n) is 7.84. The second-order valence-electron chi connectivity index (χ2n) is 10.4. The van der Waals surface area contributed by atoms with Crippen molar-refractivity contribution in [2.75, 3.05) is 25.6 Å². The molecule has 3 atom stereocenters. The minimum Gasteiger partial charge on any atom is -0.471 e. The highest BCUT2D eigenvalue weighted by atomic mass is 19.4. The van der Waals surface area contributed by atoms with Crippen molar-refractivity contribution in [1.82, 2.24) is 30.1 Å². The first-order valence-electron chi connectivity index (χ1n) is 12.7. The Bertz CT molecular complexity index is 1290. The van der Waals surface area contributed by atoms with Gasteiger partial charge in [0.25, 0.3) is 0 Å². The lowest BCUT2D eigenvalue weighted by atomic mass is 9.72. The van der Waals surface area contributed by atoms with Crippen LogP contribution in [0.4, 0.5) is 18.9 Å². The lowest BCUT2D eigenvalue weighted by Crippen LogP contribution is -2.24. The molecule has 6 rings (SSSR count). The number of nitrogens with zero attached hydrogens (tertiary/aromatic N) is 5. The van der Waals surface area contributed by atoms with Crippen LogP contribution in [0, 0.1) is 5.92 Å². The number of nitrogens with one attached hydrogen (secondary N) is 2. The zero-order chi connectivity index (χ0) is 25.7. The Hall–Kier alpha value is -3.18. The molecule has 0 amide bonds. The van der Waals surface area contributed by atoms with Gasteiger partial charge in [0.05, 0.1) is 6.04 Å². The maximum absolute atomic E-state index is 13.9. The average Bonchev–Trinajstić information content (AvgIpc) is 3.55. The molecule has 2 aromatic heterocycles. The highest BCUT2D eigenvalue weighted by Gasteiger charge is 2.39. The van der Waals surface area contributed by atoms with Crippen LogP contribution in [-0.2, 0) is 13.2 Å². The number of hydrazine groups is 1. The predicted molar refractivity (Wildman–Crippen MR) is 131 cm³/mol. The summed E-state index contributed by atoms with van der Waals surface area (Å²) >= 11 is 0. The standard InChI is InChI=1S/C26H30F3N7O/c1-35-10-9-18(13-35)37-25-23-19(12-20(31-25)26(27,28)29)22(32-33-23)17-8-4-7-16(11-17)21(15-5-3-6-15)24-34-30-14-36(24)2/h4,7-8,11-12,14-15,18,21-22,32-33H,3,5-6,9-10,13H2,1-2H3/t18-,21+,22?/m0/s1. The molecule has 2 aliphatic heterocycles. The van der Waals surface area contributed by atoms with E-state index in [0.29, 0.717) is 23.7 Å². The number of aryl methyl sites for hydroxylation is 1. The number of hydrogen-bond acceptors (Lipinski definition) is 7. The molecule has 2 fully saturated rings. The van der Waals surface area contributed by atoms with Gasteiger partial charge in [0.1, 0.15) is 29.6 Å². The first-order chi connectivity index (χ1) is 17.8. The smallest absolute Gasteiger partial charge is 0.433 e. The Morgan fingerprint density at radius 1 is 1.14 bits per heavy atom. The highest BCUT2D eigenvalue weighted by molar-refractivity contribution is 5.65. The van der Waals surface area contributed by atoms with E-state index >= 15 is 0 Å². The molecule has 0 bridgehead atoms. The van der Waals surface area contributed by atoms with Gasteiger partial charge in [0.15, 0.2) is 0 Å². The number of likely N-dealkylation sites (N-methyl/N-ethyl adjacent to an activating group) is 1. The van der Waals surface area contributed by atoms with Gasteiger partial charge in [-0.15, -0.1) is 10.2 Å². The third-order valence-corrected chi connectivity index (χ3v) is 7.84. The Labute approximate surface area is 213 Å². The van der Waals surface area contributed by atoms with Crippen molar-refractivity contribution in [2.45, 2.75) is 49.9 Å². The van der Waals surface area contributed by atoms with E-state index < -0.39 is 17.9 Å². The molecule has 2 N–H and O–H groups in total. The maximum atomic E-state index is 13.9. The first-order valence-corrected chi connectivity index (χ1v) is 12.7. The van der Waals surface area contributed by atoms with E-state index in [4.69, 9.17) is 4.74 Å². The summed E-state index contributed by atoms with van der Waals surface area (Å²) < 4.78 is 49.5. The largest absolute Gasteiger partial charge is 0.471 e. The third kappa shape index (κ3) is 4.54. The van der Waals surface area contributed by atoms with E-state index in [1.807, 2.05) is 30.8 Å². The van der Waals surface area contributed by atoms with Crippen LogP contribution in [0.5, 0.6) is 5.88 Å². The van der Waals surface area contributed by atoms with Crippen LogP contribution in [0.15, 0.2) is 36.7 Å². The van der Waals surface area contributed by atoms with Gasteiger partial charge in [0, 0.05) is 31.6 Å². The second-order valence-corrected chi connectivity index (χ2v) is 10.4.